The van der Waals surface area contributed by atoms with Crippen molar-refractivity contribution in [1.82, 2.24) is 5.32 Å². The number of dihydropyridines is 1. The molecule has 6 heteroatoms. The molecule has 2 aliphatic rings. The highest BCUT2D eigenvalue weighted by Crippen LogP contribution is 2.47. The van der Waals surface area contributed by atoms with Crippen LogP contribution in [0.3, 0.4) is 0 Å². The second-order valence-corrected chi connectivity index (χ2v) is 10.4. The van der Waals surface area contributed by atoms with Gasteiger partial charge in [0.1, 0.15) is 5.75 Å². The summed E-state index contributed by atoms with van der Waals surface area (Å²) in [5.74, 6) is 0.0101. The second kappa shape index (κ2) is 11.3. The van der Waals surface area contributed by atoms with E-state index in [1.807, 2.05) is 76.2 Å². The van der Waals surface area contributed by atoms with E-state index in [2.05, 4.69) is 5.32 Å². The Morgan fingerprint density at radius 1 is 1.11 bits per heavy atom. The van der Waals surface area contributed by atoms with Crippen LogP contribution in [-0.2, 0) is 14.3 Å². The summed E-state index contributed by atoms with van der Waals surface area (Å²) >= 11 is 6.09. The fourth-order valence-corrected chi connectivity index (χ4v) is 5.10. The molecule has 1 heterocycles. The largest absolute Gasteiger partial charge is 0.493 e. The van der Waals surface area contributed by atoms with Gasteiger partial charge in [-0.3, -0.25) is 4.79 Å². The van der Waals surface area contributed by atoms with E-state index < -0.39 is 11.9 Å². The van der Waals surface area contributed by atoms with Crippen molar-refractivity contribution >= 4 is 23.4 Å². The third-order valence-electron chi connectivity index (χ3n) is 6.63. The zero-order chi connectivity index (χ0) is 25.8. The predicted molar refractivity (Wildman–Crippen MR) is 142 cm³/mol. The molecule has 0 fully saturated rings. The maximum atomic E-state index is 13.8. The zero-order valence-corrected chi connectivity index (χ0v) is 22.2. The van der Waals surface area contributed by atoms with Crippen LogP contribution in [-0.4, -0.2) is 25.0 Å². The van der Waals surface area contributed by atoms with Crippen LogP contribution in [0.1, 0.15) is 69.9 Å². The van der Waals surface area contributed by atoms with Crippen LogP contribution in [0, 0.1) is 5.92 Å². The summed E-state index contributed by atoms with van der Waals surface area (Å²) in [6.45, 7) is 8.80. The van der Waals surface area contributed by atoms with Crippen molar-refractivity contribution in [2.75, 3.05) is 13.2 Å². The van der Waals surface area contributed by atoms with Crippen LogP contribution in [0.5, 0.6) is 5.75 Å². The topological polar surface area (TPSA) is 64.6 Å². The van der Waals surface area contributed by atoms with Crippen LogP contribution in [0.4, 0.5) is 0 Å². The van der Waals surface area contributed by atoms with E-state index in [1.54, 1.807) is 0 Å². The summed E-state index contributed by atoms with van der Waals surface area (Å²) in [7, 11) is 0. The molecule has 1 aliphatic carbocycles. The van der Waals surface area contributed by atoms with Crippen LogP contribution in [0.2, 0.25) is 5.02 Å². The standard InChI is InChI=1S/C30H34ClNO4/c1-5-14-35-26-9-7-6-8-23(26)28-27(30(34)36-17-18(2)3)19(4)32-24-15-21(16-25(33)29(24)28)20-10-12-22(31)13-11-20/h6-13,18,21,28,32H,5,14-17H2,1-4H3/t21-,28+/m1/s1. The van der Waals surface area contributed by atoms with Gasteiger partial charge in [-0.25, -0.2) is 4.79 Å². The number of Topliss-reactive ketones (excluding diaryl/α,β-unsaturated/α-hetero) is 1. The number of rotatable bonds is 8. The lowest BCUT2D eigenvalue weighted by atomic mass is 9.71. The molecule has 2 atom stereocenters. The molecule has 0 aromatic heterocycles. The molecular weight excluding hydrogens is 474 g/mol. The minimum atomic E-state index is -0.548. The number of ketones is 1. The van der Waals surface area contributed by atoms with Gasteiger partial charge in [0.15, 0.2) is 5.78 Å². The molecule has 1 aliphatic heterocycles. The van der Waals surface area contributed by atoms with Gasteiger partial charge in [-0.1, -0.05) is 62.7 Å². The third-order valence-corrected chi connectivity index (χ3v) is 6.88. The Kier molecular flexibility index (Phi) is 8.20. The summed E-state index contributed by atoms with van der Waals surface area (Å²) in [5, 5.41) is 4.08. The summed E-state index contributed by atoms with van der Waals surface area (Å²) in [6, 6.07) is 15.4. The molecule has 0 bridgehead atoms. The fraction of sp³-hybridized carbons (Fsp3) is 0.400. The minimum absolute atomic E-state index is 0.0284. The Labute approximate surface area is 218 Å². The van der Waals surface area contributed by atoms with E-state index in [1.165, 1.54) is 0 Å². The number of para-hydroxylation sites is 1. The molecular formula is C30H34ClNO4. The molecule has 0 radical (unpaired) electrons. The predicted octanol–water partition coefficient (Wildman–Crippen LogP) is 6.69. The van der Waals surface area contributed by atoms with E-state index >= 15 is 0 Å². The molecule has 0 amide bonds. The van der Waals surface area contributed by atoms with Crippen LogP contribution in [0.25, 0.3) is 0 Å². The monoisotopic (exact) mass is 507 g/mol. The molecule has 0 spiro atoms. The lowest BCUT2D eigenvalue weighted by Crippen LogP contribution is -2.36. The van der Waals surface area contributed by atoms with Gasteiger partial charge in [0, 0.05) is 34.0 Å². The highest BCUT2D eigenvalue weighted by atomic mass is 35.5. The van der Waals surface area contributed by atoms with Crippen molar-refractivity contribution < 1.29 is 19.1 Å². The first-order valence-electron chi connectivity index (χ1n) is 12.7. The molecule has 190 valence electrons. The molecule has 1 N–H and O–H groups in total. The van der Waals surface area contributed by atoms with Crippen LogP contribution < -0.4 is 10.1 Å². The Hall–Kier alpha value is -3.05. The van der Waals surface area contributed by atoms with Crippen molar-refractivity contribution in [3.8, 4) is 5.75 Å². The molecule has 0 saturated carbocycles. The molecule has 2 aromatic rings. The summed E-state index contributed by atoms with van der Waals surface area (Å²) in [4.78, 5) is 27.2. The number of carbonyl (C=O) groups excluding carboxylic acids is 2. The van der Waals surface area contributed by atoms with Gasteiger partial charge in [-0.05, 0) is 55.4 Å². The van der Waals surface area contributed by atoms with Crippen molar-refractivity contribution in [2.45, 2.75) is 58.8 Å². The maximum Gasteiger partial charge on any atom is 0.336 e. The molecule has 4 rings (SSSR count). The summed E-state index contributed by atoms with van der Waals surface area (Å²) in [5.41, 5.74) is 4.57. The number of hydrogen-bond acceptors (Lipinski definition) is 5. The van der Waals surface area contributed by atoms with Gasteiger partial charge in [0.05, 0.1) is 24.7 Å². The van der Waals surface area contributed by atoms with Gasteiger partial charge in [-0.2, -0.15) is 0 Å². The van der Waals surface area contributed by atoms with E-state index in [4.69, 9.17) is 21.1 Å². The Balaban J connectivity index is 1.79. The number of halogens is 1. The zero-order valence-electron chi connectivity index (χ0n) is 21.4. The smallest absolute Gasteiger partial charge is 0.336 e. The number of nitrogens with one attached hydrogen (secondary N) is 1. The minimum Gasteiger partial charge on any atom is -0.493 e. The van der Waals surface area contributed by atoms with Gasteiger partial charge < -0.3 is 14.8 Å². The number of benzene rings is 2. The van der Waals surface area contributed by atoms with Gasteiger partial charge in [0.25, 0.3) is 0 Å². The summed E-state index contributed by atoms with van der Waals surface area (Å²) in [6.07, 6.45) is 1.89. The average molecular weight is 508 g/mol. The van der Waals surface area contributed by atoms with Crippen molar-refractivity contribution in [2.24, 2.45) is 5.92 Å². The maximum absolute atomic E-state index is 13.8. The first-order chi connectivity index (χ1) is 17.3. The van der Waals surface area contributed by atoms with Gasteiger partial charge >= 0.3 is 5.97 Å². The normalized spacial score (nSPS) is 19.8. The Bertz CT molecular complexity index is 1200. The first kappa shape index (κ1) is 26.0. The van der Waals surface area contributed by atoms with Crippen molar-refractivity contribution in [3.05, 3.63) is 87.2 Å². The van der Waals surface area contributed by atoms with Crippen molar-refractivity contribution in [3.63, 3.8) is 0 Å². The lowest BCUT2D eigenvalue weighted by Gasteiger charge is -2.37. The van der Waals surface area contributed by atoms with E-state index in [-0.39, 0.29) is 17.6 Å². The average Bonchev–Trinajstić information content (AvgIpc) is 2.85. The number of allylic oxidation sites excluding steroid dienone is 3. The SMILES string of the molecule is CCCOc1ccccc1[C@H]1C(C(=O)OCC(C)C)=C(C)NC2=C1C(=O)C[C@H](c1ccc(Cl)cc1)C2. The number of hydrogen-bond donors (Lipinski definition) is 1. The Morgan fingerprint density at radius 2 is 1.83 bits per heavy atom. The molecule has 0 saturated heterocycles. The number of ether oxygens (including phenoxy) is 2. The van der Waals surface area contributed by atoms with E-state index in [9.17, 15) is 9.59 Å². The van der Waals surface area contributed by atoms with Crippen LogP contribution >= 0.6 is 11.6 Å². The highest BCUT2D eigenvalue weighted by molar-refractivity contribution is 6.30. The molecule has 0 unspecified atom stereocenters. The lowest BCUT2D eigenvalue weighted by molar-refractivity contribution is -0.140. The second-order valence-electron chi connectivity index (χ2n) is 9.95. The van der Waals surface area contributed by atoms with E-state index in [0.717, 1.165) is 23.2 Å². The van der Waals surface area contributed by atoms with Gasteiger partial charge in [0.2, 0.25) is 0 Å². The molecule has 5 nitrogen and oxygen atoms in total. The van der Waals surface area contributed by atoms with Crippen molar-refractivity contribution in [1.29, 1.82) is 0 Å². The first-order valence-corrected chi connectivity index (χ1v) is 13.1. The molecule has 36 heavy (non-hydrogen) atoms. The third kappa shape index (κ3) is 5.52. The van der Waals surface area contributed by atoms with Crippen LogP contribution in [0.15, 0.2) is 71.1 Å². The summed E-state index contributed by atoms with van der Waals surface area (Å²) < 4.78 is 11.8. The van der Waals surface area contributed by atoms with E-state index in [0.29, 0.717) is 53.7 Å². The van der Waals surface area contributed by atoms with Gasteiger partial charge in [-0.15, -0.1) is 0 Å². The fourth-order valence-electron chi connectivity index (χ4n) is 4.97. The highest BCUT2D eigenvalue weighted by Gasteiger charge is 2.42. The molecule has 2 aromatic carbocycles. The number of carbonyl (C=O) groups is 2. The quantitative estimate of drug-likeness (QED) is 0.403. The Morgan fingerprint density at radius 3 is 2.53 bits per heavy atom. The number of esters is 1.